The van der Waals surface area contributed by atoms with E-state index in [0.717, 1.165) is 31.2 Å². The molecular formula is C21H29N5O4. The van der Waals surface area contributed by atoms with Gasteiger partial charge in [0.05, 0.1) is 30.2 Å². The van der Waals surface area contributed by atoms with Gasteiger partial charge in [0.25, 0.3) is 0 Å². The lowest BCUT2D eigenvalue weighted by Gasteiger charge is -2.38. The van der Waals surface area contributed by atoms with Crippen LogP contribution in [0.4, 0.5) is 11.6 Å². The number of aromatic nitrogens is 3. The second-order valence-electron chi connectivity index (χ2n) is 8.20. The van der Waals surface area contributed by atoms with Crippen LogP contribution in [-0.2, 0) is 15.1 Å². The molecule has 1 fully saturated rings. The molecule has 3 heterocycles. The Bertz CT molecular complexity index is 889. The van der Waals surface area contributed by atoms with Crippen molar-refractivity contribution in [1.82, 2.24) is 15.0 Å². The zero-order valence-corrected chi connectivity index (χ0v) is 17.6. The molecule has 30 heavy (non-hydrogen) atoms. The highest BCUT2D eigenvalue weighted by Gasteiger charge is 2.35. The van der Waals surface area contributed by atoms with Crippen LogP contribution < -0.4 is 10.2 Å². The van der Waals surface area contributed by atoms with Crippen LogP contribution in [0, 0.1) is 0 Å². The van der Waals surface area contributed by atoms with Gasteiger partial charge in [0, 0.05) is 24.9 Å². The summed E-state index contributed by atoms with van der Waals surface area (Å²) in [5.41, 5.74) is 1.01. The molecule has 9 heteroatoms. The molecule has 162 valence electrons. The molecule has 1 aliphatic carbocycles. The van der Waals surface area contributed by atoms with Crippen molar-refractivity contribution in [3.63, 3.8) is 0 Å². The highest BCUT2D eigenvalue weighted by molar-refractivity contribution is 6.01. The summed E-state index contributed by atoms with van der Waals surface area (Å²) in [6.07, 6.45) is 7.26. The Labute approximate surface area is 175 Å². The van der Waals surface area contributed by atoms with Crippen LogP contribution in [0.15, 0.2) is 24.5 Å². The summed E-state index contributed by atoms with van der Waals surface area (Å²) >= 11 is 0. The predicted octanol–water partition coefficient (Wildman–Crippen LogP) is 1.66. The van der Waals surface area contributed by atoms with Crippen LogP contribution in [0.25, 0.3) is 11.3 Å². The first kappa shape index (κ1) is 22.1. The van der Waals surface area contributed by atoms with E-state index in [4.69, 9.17) is 9.72 Å². The zero-order valence-electron chi connectivity index (χ0n) is 17.6. The number of nitrogens with one attached hydrogen (secondary N) is 1. The topological polar surface area (TPSA) is 132 Å². The predicted molar refractivity (Wildman–Crippen MR) is 113 cm³/mol. The van der Waals surface area contributed by atoms with Gasteiger partial charge in [-0.1, -0.05) is 0 Å². The quantitative estimate of drug-likeness (QED) is 0.776. The maximum absolute atomic E-state index is 12.7. The van der Waals surface area contributed by atoms with Gasteiger partial charge in [-0.25, -0.2) is 9.97 Å². The third-order valence-corrected chi connectivity index (χ3v) is 5.69. The second-order valence-corrected chi connectivity index (χ2v) is 8.20. The van der Waals surface area contributed by atoms with Gasteiger partial charge < -0.3 is 20.6 Å². The summed E-state index contributed by atoms with van der Waals surface area (Å²) in [5, 5.41) is 13.2. The van der Waals surface area contributed by atoms with Crippen molar-refractivity contribution in [2.45, 2.75) is 57.3 Å². The van der Waals surface area contributed by atoms with Crippen LogP contribution >= 0.6 is 0 Å². The van der Waals surface area contributed by atoms with Crippen molar-refractivity contribution in [2.24, 2.45) is 0 Å². The van der Waals surface area contributed by atoms with E-state index in [1.165, 1.54) is 0 Å². The van der Waals surface area contributed by atoms with Crippen molar-refractivity contribution in [1.29, 1.82) is 0 Å². The van der Waals surface area contributed by atoms with Crippen LogP contribution in [0.3, 0.4) is 0 Å². The van der Waals surface area contributed by atoms with E-state index in [0.29, 0.717) is 23.0 Å². The molecule has 0 spiro atoms. The molecule has 0 bridgehead atoms. The minimum absolute atomic E-state index is 0. The summed E-state index contributed by atoms with van der Waals surface area (Å²) in [6.45, 7) is 3.62. The van der Waals surface area contributed by atoms with Gasteiger partial charge >= 0.3 is 0 Å². The van der Waals surface area contributed by atoms with E-state index in [1.54, 1.807) is 39.4 Å². The SMILES string of the molecule is COC1CCC(N2C(=O)CNc3ncc(-c4ccc(C(C)(C)O)nc4)nc32)CC1.O. The standard InChI is InChI=1S/C21H27N5O3.H2O/c1-21(2,28)17-9-4-13(10-22-17)16-11-23-19-20(25-16)26(18(27)12-24-19)14-5-7-15(29-3)8-6-14;/h4,9-11,14-15,28H,5-8,12H2,1-3H3,(H,23,24);1H2. The molecule has 2 aromatic heterocycles. The number of ether oxygens (including phenoxy) is 1. The Kier molecular flexibility index (Phi) is 6.35. The van der Waals surface area contributed by atoms with E-state index < -0.39 is 5.60 Å². The Morgan fingerprint density at radius 3 is 2.50 bits per heavy atom. The summed E-state index contributed by atoms with van der Waals surface area (Å²) in [4.78, 5) is 28.2. The van der Waals surface area contributed by atoms with Crippen molar-refractivity contribution in [3.05, 3.63) is 30.2 Å². The number of amides is 1. The van der Waals surface area contributed by atoms with Gasteiger partial charge in [0.2, 0.25) is 5.91 Å². The maximum Gasteiger partial charge on any atom is 0.247 e. The number of rotatable bonds is 4. The lowest BCUT2D eigenvalue weighted by Crippen LogP contribution is -2.49. The first-order chi connectivity index (χ1) is 13.9. The molecular weight excluding hydrogens is 386 g/mol. The number of pyridine rings is 1. The number of aliphatic hydroxyl groups is 1. The average Bonchev–Trinajstić information content (AvgIpc) is 2.73. The molecule has 1 saturated carbocycles. The largest absolute Gasteiger partial charge is 0.412 e. The van der Waals surface area contributed by atoms with Crippen LogP contribution in [0.5, 0.6) is 0 Å². The first-order valence-electron chi connectivity index (χ1n) is 10.0. The molecule has 9 nitrogen and oxygen atoms in total. The number of hydrogen-bond acceptors (Lipinski definition) is 7. The zero-order chi connectivity index (χ0) is 20.6. The molecule has 4 N–H and O–H groups in total. The van der Waals surface area contributed by atoms with Crippen molar-refractivity contribution < 1.29 is 20.1 Å². The highest BCUT2D eigenvalue weighted by atomic mass is 16.5. The van der Waals surface area contributed by atoms with Crippen LogP contribution in [0.2, 0.25) is 0 Å². The molecule has 1 amide bonds. The van der Waals surface area contributed by atoms with Crippen molar-refractivity contribution >= 4 is 17.5 Å². The maximum atomic E-state index is 12.7. The van der Waals surface area contributed by atoms with Gasteiger partial charge in [-0.15, -0.1) is 0 Å². The van der Waals surface area contributed by atoms with Gasteiger partial charge in [0.1, 0.15) is 5.60 Å². The fraction of sp³-hybridized carbons (Fsp3) is 0.524. The third kappa shape index (κ3) is 4.28. The molecule has 2 aliphatic rings. The second kappa shape index (κ2) is 8.63. The van der Waals surface area contributed by atoms with E-state index in [2.05, 4.69) is 15.3 Å². The number of hydrogen-bond donors (Lipinski definition) is 2. The molecule has 1 aliphatic heterocycles. The van der Waals surface area contributed by atoms with Crippen LogP contribution in [0.1, 0.15) is 45.2 Å². The Hall–Kier alpha value is -2.62. The molecule has 0 saturated heterocycles. The van der Waals surface area contributed by atoms with Gasteiger partial charge in [-0.05, 0) is 51.7 Å². The molecule has 0 aromatic carbocycles. The number of nitrogens with zero attached hydrogens (tertiary/aromatic N) is 4. The van der Waals surface area contributed by atoms with Gasteiger partial charge in [-0.2, -0.15) is 0 Å². The summed E-state index contributed by atoms with van der Waals surface area (Å²) in [5.74, 6) is 1.22. The van der Waals surface area contributed by atoms with Gasteiger partial charge in [-0.3, -0.25) is 14.7 Å². The Morgan fingerprint density at radius 2 is 1.90 bits per heavy atom. The molecule has 0 unspecified atom stereocenters. The fourth-order valence-electron chi connectivity index (χ4n) is 4.00. The Morgan fingerprint density at radius 1 is 1.17 bits per heavy atom. The number of carbonyl (C=O) groups is 1. The number of carbonyl (C=O) groups excluding carboxylic acids is 1. The van der Waals surface area contributed by atoms with E-state index in [9.17, 15) is 9.90 Å². The van der Waals surface area contributed by atoms with E-state index >= 15 is 0 Å². The average molecular weight is 415 g/mol. The summed E-state index contributed by atoms with van der Waals surface area (Å²) in [7, 11) is 1.74. The minimum Gasteiger partial charge on any atom is -0.412 e. The smallest absolute Gasteiger partial charge is 0.247 e. The monoisotopic (exact) mass is 415 g/mol. The van der Waals surface area contributed by atoms with Crippen molar-refractivity contribution in [3.8, 4) is 11.3 Å². The highest BCUT2D eigenvalue weighted by Crippen LogP contribution is 2.34. The summed E-state index contributed by atoms with van der Waals surface area (Å²) < 4.78 is 5.47. The number of fused-ring (bicyclic) bond motifs is 1. The summed E-state index contributed by atoms with van der Waals surface area (Å²) in [6, 6.07) is 3.75. The number of methoxy groups -OCH3 is 1. The molecule has 4 rings (SSSR count). The van der Waals surface area contributed by atoms with Crippen LogP contribution in [-0.4, -0.2) is 57.2 Å². The molecule has 0 atom stereocenters. The lowest BCUT2D eigenvalue weighted by molar-refractivity contribution is -0.118. The molecule has 0 radical (unpaired) electrons. The molecule has 2 aromatic rings. The van der Waals surface area contributed by atoms with E-state index in [1.807, 2.05) is 11.0 Å². The number of anilines is 2. The van der Waals surface area contributed by atoms with E-state index in [-0.39, 0.29) is 30.1 Å². The minimum atomic E-state index is -1.01. The fourth-order valence-corrected chi connectivity index (χ4v) is 4.00. The lowest BCUT2D eigenvalue weighted by atomic mass is 9.91. The van der Waals surface area contributed by atoms with Gasteiger partial charge in [0.15, 0.2) is 11.6 Å². The third-order valence-electron chi connectivity index (χ3n) is 5.69. The van der Waals surface area contributed by atoms with Crippen molar-refractivity contribution in [2.75, 3.05) is 23.9 Å². The Balaban J connectivity index is 0.00000256. The first-order valence-corrected chi connectivity index (χ1v) is 10.0. The normalized spacial score (nSPS) is 21.5.